The molecule has 0 aromatic heterocycles. The average molecular weight is 328 g/mol. The lowest BCUT2D eigenvalue weighted by molar-refractivity contribution is -0.138. The van der Waals surface area contributed by atoms with E-state index in [1.807, 2.05) is 0 Å². The molecule has 1 aliphatic heterocycles. The van der Waals surface area contributed by atoms with Crippen LogP contribution in [0.3, 0.4) is 0 Å². The van der Waals surface area contributed by atoms with E-state index in [0.717, 1.165) is 25.0 Å². The number of nitrogens with zero attached hydrogens (tertiary/aromatic N) is 1. The number of halogens is 3. The fraction of sp³-hybridized carbons (Fsp3) is 0.500. The van der Waals surface area contributed by atoms with E-state index in [1.165, 1.54) is 12.1 Å². The Kier molecular flexibility index (Phi) is 5.28. The molecule has 1 fully saturated rings. The minimum Gasteiger partial charge on any atom is -0.342 e. The summed E-state index contributed by atoms with van der Waals surface area (Å²) in [5.41, 5.74) is -0.809. The minimum atomic E-state index is -4.47. The molecule has 0 bridgehead atoms. The Morgan fingerprint density at radius 3 is 2.52 bits per heavy atom. The van der Waals surface area contributed by atoms with Crippen LogP contribution in [0.5, 0.6) is 0 Å². The van der Waals surface area contributed by atoms with Crippen LogP contribution in [-0.2, 0) is 15.8 Å². The quantitative estimate of drug-likeness (QED) is 0.866. The van der Waals surface area contributed by atoms with Gasteiger partial charge in [0.15, 0.2) is 0 Å². The SMILES string of the molecule is CC1CCN(C(=O)CC(=O)Nc2cccc(C(F)(F)F)c2)CC1. The smallest absolute Gasteiger partial charge is 0.342 e. The molecule has 2 amide bonds. The van der Waals surface area contributed by atoms with Crippen LogP contribution in [0.25, 0.3) is 0 Å². The van der Waals surface area contributed by atoms with Gasteiger partial charge in [-0.05, 0) is 37.0 Å². The first-order chi connectivity index (χ1) is 10.8. The Bertz CT molecular complexity index is 579. The predicted octanol–water partition coefficient (Wildman–Crippen LogP) is 3.29. The molecule has 4 nitrogen and oxygen atoms in total. The number of amides is 2. The fourth-order valence-electron chi connectivity index (χ4n) is 2.49. The molecule has 0 unspecified atom stereocenters. The summed E-state index contributed by atoms with van der Waals surface area (Å²) in [7, 11) is 0. The number of hydrogen-bond donors (Lipinski definition) is 1. The van der Waals surface area contributed by atoms with Gasteiger partial charge in [-0.2, -0.15) is 13.2 Å². The Balaban J connectivity index is 1.91. The summed E-state index contributed by atoms with van der Waals surface area (Å²) in [5.74, 6) is -0.327. The molecular formula is C16H19F3N2O2. The fourth-order valence-corrected chi connectivity index (χ4v) is 2.49. The third kappa shape index (κ3) is 4.97. The van der Waals surface area contributed by atoms with Gasteiger partial charge in [0.25, 0.3) is 0 Å². The number of nitrogens with one attached hydrogen (secondary N) is 1. The molecule has 1 N–H and O–H groups in total. The number of carbonyl (C=O) groups excluding carboxylic acids is 2. The molecule has 1 saturated heterocycles. The van der Waals surface area contributed by atoms with Crippen molar-refractivity contribution < 1.29 is 22.8 Å². The minimum absolute atomic E-state index is 0.0323. The Morgan fingerprint density at radius 1 is 1.26 bits per heavy atom. The van der Waals surface area contributed by atoms with E-state index in [2.05, 4.69) is 12.2 Å². The first-order valence-electron chi connectivity index (χ1n) is 7.50. The molecule has 23 heavy (non-hydrogen) atoms. The number of anilines is 1. The molecule has 0 atom stereocenters. The standard InChI is InChI=1S/C16H19F3N2O2/c1-11-5-7-21(8-6-11)15(23)10-14(22)20-13-4-2-3-12(9-13)16(17,18)19/h2-4,9,11H,5-8,10H2,1H3,(H,20,22). The Morgan fingerprint density at radius 2 is 1.91 bits per heavy atom. The van der Waals surface area contributed by atoms with E-state index in [-0.39, 0.29) is 18.0 Å². The van der Waals surface area contributed by atoms with Gasteiger partial charge in [-0.15, -0.1) is 0 Å². The van der Waals surface area contributed by atoms with E-state index >= 15 is 0 Å². The molecule has 1 aliphatic rings. The second kappa shape index (κ2) is 7.02. The van der Waals surface area contributed by atoms with Crippen molar-refractivity contribution in [1.29, 1.82) is 0 Å². The molecule has 0 radical (unpaired) electrons. The monoisotopic (exact) mass is 328 g/mol. The molecule has 7 heteroatoms. The number of rotatable bonds is 3. The molecule has 1 heterocycles. The molecule has 2 rings (SSSR count). The van der Waals surface area contributed by atoms with Crippen molar-refractivity contribution in [2.75, 3.05) is 18.4 Å². The number of likely N-dealkylation sites (tertiary alicyclic amines) is 1. The number of benzene rings is 1. The van der Waals surface area contributed by atoms with Crippen molar-refractivity contribution in [3.05, 3.63) is 29.8 Å². The molecular weight excluding hydrogens is 309 g/mol. The van der Waals surface area contributed by atoms with Crippen LogP contribution in [-0.4, -0.2) is 29.8 Å². The number of alkyl halides is 3. The highest BCUT2D eigenvalue weighted by molar-refractivity contribution is 6.03. The van der Waals surface area contributed by atoms with Crippen LogP contribution in [0.2, 0.25) is 0 Å². The highest BCUT2D eigenvalue weighted by atomic mass is 19.4. The van der Waals surface area contributed by atoms with Crippen LogP contribution in [0.15, 0.2) is 24.3 Å². The van der Waals surface area contributed by atoms with Gasteiger partial charge in [0.05, 0.1) is 5.56 Å². The largest absolute Gasteiger partial charge is 0.416 e. The lowest BCUT2D eigenvalue weighted by atomic mass is 9.99. The molecule has 1 aromatic carbocycles. The number of carbonyl (C=O) groups is 2. The highest BCUT2D eigenvalue weighted by Gasteiger charge is 2.30. The van der Waals surface area contributed by atoms with E-state index < -0.39 is 17.6 Å². The molecule has 0 spiro atoms. The van der Waals surface area contributed by atoms with Crippen molar-refractivity contribution in [3.63, 3.8) is 0 Å². The zero-order valence-electron chi connectivity index (χ0n) is 12.8. The van der Waals surface area contributed by atoms with Crippen molar-refractivity contribution in [2.45, 2.75) is 32.4 Å². The summed E-state index contributed by atoms with van der Waals surface area (Å²) in [4.78, 5) is 25.5. The van der Waals surface area contributed by atoms with Gasteiger partial charge in [0.2, 0.25) is 11.8 Å². The van der Waals surface area contributed by atoms with E-state index in [0.29, 0.717) is 19.0 Å². The third-order valence-corrected chi connectivity index (χ3v) is 3.92. The van der Waals surface area contributed by atoms with Gasteiger partial charge in [-0.3, -0.25) is 9.59 Å². The lowest BCUT2D eigenvalue weighted by Crippen LogP contribution is -2.39. The van der Waals surface area contributed by atoms with Crippen molar-refractivity contribution in [1.82, 2.24) is 4.90 Å². The van der Waals surface area contributed by atoms with Gasteiger partial charge < -0.3 is 10.2 Å². The maximum absolute atomic E-state index is 12.6. The van der Waals surface area contributed by atoms with Gasteiger partial charge in [0.1, 0.15) is 6.42 Å². The van der Waals surface area contributed by atoms with Crippen LogP contribution in [0, 0.1) is 5.92 Å². The van der Waals surface area contributed by atoms with E-state index in [9.17, 15) is 22.8 Å². The zero-order chi connectivity index (χ0) is 17.0. The summed E-state index contributed by atoms with van der Waals surface area (Å²) in [5, 5.41) is 2.35. The summed E-state index contributed by atoms with van der Waals surface area (Å²) < 4.78 is 37.8. The van der Waals surface area contributed by atoms with Gasteiger partial charge in [-0.1, -0.05) is 13.0 Å². The van der Waals surface area contributed by atoms with Crippen molar-refractivity contribution in [3.8, 4) is 0 Å². The molecule has 0 aliphatic carbocycles. The van der Waals surface area contributed by atoms with Crippen LogP contribution in [0.1, 0.15) is 31.7 Å². The first-order valence-corrected chi connectivity index (χ1v) is 7.50. The summed E-state index contributed by atoms with van der Waals surface area (Å²) >= 11 is 0. The van der Waals surface area contributed by atoms with E-state index in [4.69, 9.17) is 0 Å². The maximum Gasteiger partial charge on any atom is 0.416 e. The summed E-state index contributed by atoms with van der Waals surface area (Å²) in [6.45, 7) is 3.36. The molecule has 1 aromatic rings. The van der Waals surface area contributed by atoms with Crippen LogP contribution in [0.4, 0.5) is 18.9 Å². The topological polar surface area (TPSA) is 49.4 Å². The van der Waals surface area contributed by atoms with E-state index in [1.54, 1.807) is 4.90 Å². The third-order valence-electron chi connectivity index (χ3n) is 3.92. The number of piperidine rings is 1. The first kappa shape index (κ1) is 17.3. The number of hydrogen-bond acceptors (Lipinski definition) is 2. The second-order valence-corrected chi connectivity index (χ2v) is 5.87. The highest BCUT2D eigenvalue weighted by Crippen LogP contribution is 2.30. The van der Waals surface area contributed by atoms with Gasteiger partial charge >= 0.3 is 6.18 Å². The zero-order valence-corrected chi connectivity index (χ0v) is 12.8. The van der Waals surface area contributed by atoms with Crippen LogP contribution >= 0.6 is 0 Å². The van der Waals surface area contributed by atoms with Crippen molar-refractivity contribution in [2.24, 2.45) is 5.92 Å². The predicted molar refractivity (Wildman–Crippen MR) is 79.7 cm³/mol. The summed E-state index contributed by atoms with van der Waals surface area (Å²) in [6, 6.07) is 4.35. The Labute approximate surface area is 132 Å². The van der Waals surface area contributed by atoms with Gasteiger partial charge in [-0.25, -0.2) is 0 Å². The average Bonchev–Trinajstić information content (AvgIpc) is 2.47. The molecule has 126 valence electrons. The van der Waals surface area contributed by atoms with Crippen molar-refractivity contribution >= 4 is 17.5 Å². The van der Waals surface area contributed by atoms with Crippen LogP contribution < -0.4 is 5.32 Å². The maximum atomic E-state index is 12.6. The normalized spacial score (nSPS) is 16.3. The summed E-state index contributed by atoms with van der Waals surface area (Å²) in [6.07, 6.45) is -3.02. The lowest BCUT2D eigenvalue weighted by Gasteiger charge is -2.30. The van der Waals surface area contributed by atoms with Gasteiger partial charge in [0, 0.05) is 18.8 Å². The molecule has 0 saturated carbocycles. The Hall–Kier alpha value is -2.05. The second-order valence-electron chi connectivity index (χ2n) is 5.87.